The first kappa shape index (κ1) is 21.4. The Labute approximate surface area is 196 Å². The Balaban J connectivity index is 1.45. The normalized spacial score (nSPS) is 16.2. The Bertz CT molecular complexity index is 1330. The molecule has 1 aliphatic rings. The summed E-state index contributed by atoms with van der Waals surface area (Å²) in [6, 6.07) is 19.6. The summed E-state index contributed by atoms with van der Waals surface area (Å²) < 4.78 is 2.43. The van der Waals surface area contributed by atoms with Crippen molar-refractivity contribution in [1.82, 2.24) is 9.55 Å². The van der Waals surface area contributed by atoms with Crippen LogP contribution in [0.3, 0.4) is 0 Å². The number of aryl methyl sites for hydroxylation is 1. The SMILES string of the molecule is Cc1ccc(Cn2c(N3CCC[C@H](C(=O)Nc4ccccc4)C3)nc3ccsc3c2=O)cc1. The van der Waals surface area contributed by atoms with Crippen LogP contribution in [0.5, 0.6) is 0 Å². The highest BCUT2D eigenvalue weighted by Gasteiger charge is 2.29. The largest absolute Gasteiger partial charge is 0.341 e. The van der Waals surface area contributed by atoms with Gasteiger partial charge in [-0.2, -0.15) is 0 Å². The van der Waals surface area contributed by atoms with E-state index < -0.39 is 0 Å². The number of nitrogens with zero attached hydrogens (tertiary/aromatic N) is 3. The standard InChI is InChI=1S/C26H26N4O2S/c1-18-9-11-19(12-10-18)16-30-25(32)23-22(13-15-33-23)28-26(30)29-14-5-6-20(17-29)24(31)27-21-7-3-2-4-8-21/h2-4,7-13,15,20H,5-6,14,16-17H2,1H3,(H,27,31)/t20-/m0/s1. The van der Waals surface area contributed by atoms with Gasteiger partial charge in [-0.25, -0.2) is 4.98 Å². The number of hydrogen-bond acceptors (Lipinski definition) is 5. The molecular weight excluding hydrogens is 432 g/mol. The molecule has 0 aliphatic carbocycles. The van der Waals surface area contributed by atoms with Gasteiger partial charge in [0.15, 0.2) is 0 Å². The van der Waals surface area contributed by atoms with Gasteiger partial charge >= 0.3 is 0 Å². The predicted octanol–water partition coefficient (Wildman–Crippen LogP) is 4.67. The number of aromatic nitrogens is 2. The third-order valence-electron chi connectivity index (χ3n) is 6.12. The Morgan fingerprint density at radius 2 is 1.91 bits per heavy atom. The minimum absolute atomic E-state index is 0.00921. The molecule has 0 bridgehead atoms. The second-order valence-electron chi connectivity index (χ2n) is 8.56. The van der Waals surface area contributed by atoms with Crippen LogP contribution in [0.15, 0.2) is 70.8 Å². The van der Waals surface area contributed by atoms with Crippen LogP contribution in [0, 0.1) is 12.8 Å². The van der Waals surface area contributed by atoms with E-state index in [1.165, 1.54) is 16.9 Å². The molecule has 2 aromatic heterocycles. The molecule has 6 nitrogen and oxygen atoms in total. The van der Waals surface area contributed by atoms with E-state index >= 15 is 0 Å². The maximum atomic E-state index is 13.4. The molecule has 5 rings (SSSR count). The molecule has 1 aliphatic heterocycles. The zero-order valence-corrected chi connectivity index (χ0v) is 19.3. The average Bonchev–Trinajstić information content (AvgIpc) is 3.32. The van der Waals surface area contributed by atoms with Crippen LogP contribution in [0.2, 0.25) is 0 Å². The fourth-order valence-electron chi connectivity index (χ4n) is 4.33. The van der Waals surface area contributed by atoms with Crippen molar-refractivity contribution in [2.75, 3.05) is 23.3 Å². The summed E-state index contributed by atoms with van der Waals surface area (Å²) in [6.07, 6.45) is 1.69. The van der Waals surface area contributed by atoms with Crippen molar-refractivity contribution in [3.05, 3.63) is 87.5 Å². The second kappa shape index (κ2) is 9.19. The molecule has 2 aromatic carbocycles. The van der Waals surface area contributed by atoms with E-state index in [4.69, 9.17) is 4.98 Å². The van der Waals surface area contributed by atoms with Crippen molar-refractivity contribution in [3.8, 4) is 0 Å². The maximum absolute atomic E-state index is 13.4. The molecule has 1 N–H and O–H groups in total. The lowest BCUT2D eigenvalue weighted by Gasteiger charge is -2.34. The van der Waals surface area contributed by atoms with Gasteiger partial charge in [0.05, 0.1) is 18.0 Å². The fraction of sp³-hybridized carbons (Fsp3) is 0.269. The number of carbonyl (C=O) groups is 1. The molecular formula is C26H26N4O2S. The topological polar surface area (TPSA) is 67.2 Å². The van der Waals surface area contributed by atoms with Gasteiger partial charge in [0.2, 0.25) is 11.9 Å². The average molecular weight is 459 g/mol. The van der Waals surface area contributed by atoms with E-state index in [1.807, 2.05) is 41.8 Å². The molecule has 0 unspecified atom stereocenters. The number of thiophene rings is 1. The first-order valence-corrected chi connectivity index (χ1v) is 12.1. The number of rotatable bonds is 5. The summed E-state index contributed by atoms with van der Waals surface area (Å²) in [6.45, 7) is 3.81. The van der Waals surface area contributed by atoms with Crippen LogP contribution in [0.4, 0.5) is 11.6 Å². The molecule has 0 saturated carbocycles. The number of amides is 1. The highest BCUT2D eigenvalue weighted by atomic mass is 32.1. The molecule has 0 radical (unpaired) electrons. The zero-order valence-electron chi connectivity index (χ0n) is 18.5. The number of para-hydroxylation sites is 1. The highest BCUT2D eigenvalue weighted by molar-refractivity contribution is 7.17. The first-order valence-electron chi connectivity index (χ1n) is 11.2. The number of hydrogen-bond donors (Lipinski definition) is 1. The molecule has 4 aromatic rings. The van der Waals surface area contributed by atoms with E-state index in [1.54, 1.807) is 4.57 Å². The van der Waals surface area contributed by atoms with Crippen molar-refractivity contribution in [3.63, 3.8) is 0 Å². The summed E-state index contributed by atoms with van der Waals surface area (Å²) in [7, 11) is 0. The molecule has 1 atom stereocenters. The smallest absolute Gasteiger partial charge is 0.273 e. The summed E-state index contributed by atoms with van der Waals surface area (Å²) >= 11 is 1.42. The molecule has 168 valence electrons. The summed E-state index contributed by atoms with van der Waals surface area (Å²) in [5, 5.41) is 4.94. The van der Waals surface area contributed by atoms with E-state index in [0.717, 1.165) is 36.2 Å². The molecule has 7 heteroatoms. The molecule has 1 saturated heterocycles. The number of nitrogens with one attached hydrogen (secondary N) is 1. The van der Waals surface area contributed by atoms with E-state index in [2.05, 4.69) is 41.4 Å². The van der Waals surface area contributed by atoms with Crippen molar-refractivity contribution in [1.29, 1.82) is 0 Å². The summed E-state index contributed by atoms with van der Waals surface area (Å²) in [4.78, 5) is 33.4. The molecule has 1 fully saturated rings. The Hall–Kier alpha value is -3.45. The van der Waals surface area contributed by atoms with Crippen molar-refractivity contribution in [2.24, 2.45) is 5.92 Å². The van der Waals surface area contributed by atoms with Gasteiger partial charge in [0, 0.05) is 18.8 Å². The number of fused-ring (bicyclic) bond motifs is 1. The van der Waals surface area contributed by atoms with Gasteiger partial charge in [0.1, 0.15) is 4.70 Å². The third-order valence-corrected chi connectivity index (χ3v) is 7.01. The van der Waals surface area contributed by atoms with Crippen molar-refractivity contribution < 1.29 is 4.79 Å². The minimum Gasteiger partial charge on any atom is -0.341 e. The number of anilines is 2. The Kier molecular flexibility index (Phi) is 5.96. The zero-order chi connectivity index (χ0) is 22.8. The predicted molar refractivity (Wildman–Crippen MR) is 134 cm³/mol. The minimum atomic E-state index is -0.165. The van der Waals surface area contributed by atoms with Crippen molar-refractivity contribution >= 4 is 39.1 Å². The number of carbonyl (C=O) groups excluding carboxylic acids is 1. The van der Waals surface area contributed by atoms with Gasteiger partial charge in [0.25, 0.3) is 5.56 Å². The van der Waals surface area contributed by atoms with Crippen LogP contribution >= 0.6 is 11.3 Å². The van der Waals surface area contributed by atoms with Crippen LogP contribution < -0.4 is 15.8 Å². The Morgan fingerprint density at radius 1 is 1.12 bits per heavy atom. The molecule has 3 heterocycles. The van der Waals surface area contributed by atoms with E-state index in [-0.39, 0.29) is 17.4 Å². The molecule has 0 spiro atoms. The van der Waals surface area contributed by atoms with Crippen LogP contribution in [-0.4, -0.2) is 28.5 Å². The van der Waals surface area contributed by atoms with Gasteiger partial charge < -0.3 is 10.2 Å². The number of benzene rings is 2. The lowest BCUT2D eigenvalue weighted by Crippen LogP contribution is -2.43. The Morgan fingerprint density at radius 3 is 2.70 bits per heavy atom. The van der Waals surface area contributed by atoms with Crippen LogP contribution in [-0.2, 0) is 11.3 Å². The fourth-order valence-corrected chi connectivity index (χ4v) is 5.11. The maximum Gasteiger partial charge on any atom is 0.273 e. The third kappa shape index (κ3) is 4.54. The van der Waals surface area contributed by atoms with Gasteiger partial charge in [-0.3, -0.25) is 14.2 Å². The monoisotopic (exact) mass is 458 g/mol. The number of piperidine rings is 1. The molecule has 1 amide bonds. The quantitative estimate of drug-likeness (QED) is 0.472. The van der Waals surface area contributed by atoms with Gasteiger partial charge in [-0.15, -0.1) is 11.3 Å². The second-order valence-corrected chi connectivity index (χ2v) is 9.48. The van der Waals surface area contributed by atoms with E-state index in [0.29, 0.717) is 23.7 Å². The lowest BCUT2D eigenvalue weighted by atomic mass is 9.97. The highest BCUT2D eigenvalue weighted by Crippen LogP contribution is 2.26. The summed E-state index contributed by atoms with van der Waals surface area (Å²) in [5.41, 5.74) is 3.73. The van der Waals surface area contributed by atoms with Crippen molar-refractivity contribution in [2.45, 2.75) is 26.3 Å². The van der Waals surface area contributed by atoms with Crippen LogP contribution in [0.25, 0.3) is 10.2 Å². The molecule has 33 heavy (non-hydrogen) atoms. The van der Waals surface area contributed by atoms with Gasteiger partial charge in [-0.1, -0.05) is 48.0 Å². The van der Waals surface area contributed by atoms with Crippen LogP contribution in [0.1, 0.15) is 24.0 Å². The van der Waals surface area contributed by atoms with E-state index in [9.17, 15) is 9.59 Å². The first-order chi connectivity index (χ1) is 16.1. The summed E-state index contributed by atoms with van der Waals surface area (Å²) in [5.74, 6) is 0.487. The van der Waals surface area contributed by atoms with Gasteiger partial charge in [-0.05, 0) is 48.9 Å². The lowest BCUT2D eigenvalue weighted by molar-refractivity contribution is -0.120.